The van der Waals surface area contributed by atoms with Crippen molar-refractivity contribution >= 4 is 11.9 Å². The van der Waals surface area contributed by atoms with Crippen molar-refractivity contribution < 1.29 is 14.7 Å². The van der Waals surface area contributed by atoms with Crippen LogP contribution in [0.15, 0.2) is 18.7 Å². The lowest BCUT2D eigenvalue weighted by Gasteiger charge is -2.22. The second-order valence-corrected chi connectivity index (χ2v) is 5.55. The van der Waals surface area contributed by atoms with E-state index in [1.54, 1.807) is 26.4 Å². The highest BCUT2D eigenvalue weighted by atomic mass is 16.4. The van der Waals surface area contributed by atoms with Gasteiger partial charge in [0.15, 0.2) is 0 Å². The lowest BCUT2D eigenvalue weighted by molar-refractivity contribution is -0.144. The lowest BCUT2D eigenvalue weighted by atomic mass is 10.0. The van der Waals surface area contributed by atoms with E-state index in [0.29, 0.717) is 6.54 Å². The number of amides is 1. The second kappa shape index (κ2) is 5.03. The first kappa shape index (κ1) is 13.6. The second-order valence-electron chi connectivity index (χ2n) is 5.55. The van der Waals surface area contributed by atoms with Crippen LogP contribution in [0.25, 0.3) is 0 Å². The zero-order valence-corrected chi connectivity index (χ0v) is 11.2. The highest BCUT2D eigenvalue weighted by Gasteiger charge is 2.50. The van der Waals surface area contributed by atoms with Gasteiger partial charge < -0.3 is 15.0 Å². The highest BCUT2D eigenvalue weighted by Crippen LogP contribution is 2.47. The molecular formula is C13H19N3O3. The standard InChI is InChI=1S/C13H19N3O3/c1-9(2)10(11(17)18)15-12(19)13(3-4-13)7-16-6-5-14-8-16/h5-6,8-10H,3-4,7H2,1-2H3,(H,15,19)(H,17,18)/t10-/m0/s1. The summed E-state index contributed by atoms with van der Waals surface area (Å²) in [6.45, 7) is 4.13. The van der Waals surface area contributed by atoms with Crippen LogP contribution < -0.4 is 5.32 Å². The average molecular weight is 265 g/mol. The van der Waals surface area contributed by atoms with E-state index in [2.05, 4.69) is 10.3 Å². The number of carboxylic acids is 1. The SMILES string of the molecule is CC(C)[C@H](NC(=O)C1(Cn2ccnc2)CC1)C(=O)O. The van der Waals surface area contributed by atoms with Crippen LogP contribution in [0, 0.1) is 11.3 Å². The maximum Gasteiger partial charge on any atom is 0.326 e. The van der Waals surface area contributed by atoms with E-state index >= 15 is 0 Å². The summed E-state index contributed by atoms with van der Waals surface area (Å²) in [5, 5.41) is 11.8. The van der Waals surface area contributed by atoms with E-state index in [0.717, 1.165) is 12.8 Å². The van der Waals surface area contributed by atoms with E-state index in [1.807, 2.05) is 10.8 Å². The molecule has 1 heterocycles. The zero-order valence-electron chi connectivity index (χ0n) is 11.2. The van der Waals surface area contributed by atoms with Crippen molar-refractivity contribution in [2.75, 3.05) is 0 Å². The third kappa shape index (κ3) is 2.94. The molecule has 6 heteroatoms. The van der Waals surface area contributed by atoms with Crippen molar-refractivity contribution in [3.05, 3.63) is 18.7 Å². The Bertz CT molecular complexity index is 463. The smallest absolute Gasteiger partial charge is 0.326 e. The first-order valence-corrected chi connectivity index (χ1v) is 6.44. The quantitative estimate of drug-likeness (QED) is 0.800. The minimum Gasteiger partial charge on any atom is -0.480 e. The molecule has 0 saturated heterocycles. The first-order chi connectivity index (χ1) is 8.94. The molecule has 104 valence electrons. The molecular weight excluding hydrogens is 246 g/mol. The number of carboxylic acid groups (broad SMARTS) is 1. The summed E-state index contributed by atoms with van der Waals surface area (Å²) in [6, 6.07) is -0.826. The molecule has 19 heavy (non-hydrogen) atoms. The molecule has 0 unspecified atom stereocenters. The van der Waals surface area contributed by atoms with Gasteiger partial charge in [-0.05, 0) is 18.8 Å². The molecule has 1 atom stereocenters. The number of aliphatic carboxylic acids is 1. The van der Waals surface area contributed by atoms with Crippen LogP contribution in [-0.4, -0.2) is 32.6 Å². The van der Waals surface area contributed by atoms with Crippen LogP contribution in [0.5, 0.6) is 0 Å². The van der Waals surface area contributed by atoms with Crippen LogP contribution in [-0.2, 0) is 16.1 Å². The van der Waals surface area contributed by atoms with Crippen molar-refractivity contribution in [3.63, 3.8) is 0 Å². The minimum atomic E-state index is -0.984. The molecule has 0 radical (unpaired) electrons. The van der Waals surface area contributed by atoms with E-state index in [4.69, 9.17) is 5.11 Å². The van der Waals surface area contributed by atoms with Crippen molar-refractivity contribution in [2.45, 2.75) is 39.3 Å². The minimum absolute atomic E-state index is 0.134. The number of hydrogen-bond donors (Lipinski definition) is 2. The zero-order chi connectivity index (χ0) is 14.0. The number of nitrogens with one attached hydrogen (secondary N) is 1. The fourth-order valence-corrected chi connectivity index (χ4v) is 2.15. The molecule has 1 amide bonds. The largest absolute Gasteiger partial charge is 0.480 e. The maximum atomic E-state index is 12.3. The van der Waals surface area contributed by atoms with Crippen LogP contribution >= 0.6 is 0 Å². The van der Waals surface area contributed by atoms with Gasteiger partial charge in [-0.25, -0.2) is 9.78 Å². The topological polar surface area (TPSA) is 84.2 Å². The molecule has 0 aliphatic heterocycles. The van der Waals surface area contributed by atoms with Gasteiger partial charge in [-0.15, -0.1) is 0 Å². The summed E-state index contributed by atoms with van der Waals surface area (Å²) in [6.07, 6.45) is 6.74. The normalized spacial score (nSPS) is 18.1. The third-order valence-corrected chi connectivity index (χ3v) is 3.60. The Morgan fingerprint density at radius 2 is 2.16 bits per heavy atom. The van der Waals surface area contributed by atoms with Gasteiger partial charge >= 0.3 is 5.97 Å². The van der Waals surface area contributed by atoms with Crippen LogP contribution in [0.2, 0.25) is 0 Å². The number of rotatable bonds is 6. The molecule has 0 bridgehead atoms. The first-order valence-electron chi connectivity index (χ1n) is 6.44. The summed E-state index contributed by atoms with van der Waals surface area (Å²) >= 11 is 0. The van der Waals surface area contributed by atoms with Gasteiger partial charge in [0.05, 0.1) is 11.7 Å². The van der Waals surface area contributed by atoms with E-state index in [9.17, 15) is 9.59 Å². The van der Waals surface area contributed by atoms with Gasteiger partial charge in [0.2, 0.25) is 5.91 Å². The number of carbonyl (C=O) groups excluding carboxylic acids is 1. The van der Waals surface area contributed by atoms with Gasteiger partial charge in [-0.1, -0.05) is 13.8 Å². The van der Waals surface area contributed by atoms with E-state index < -0.39 is 17.4 Å². The summed E-state index contributed by atoms with van der Waals surface area (Å²) in [5.41, 5.74) is -0.455. The lowest BCUT2D eigenvalue weighted by Crippen LogP contribution is -2.48. The summed E-state index contributed by atoms with van der Waals surface area (Å²) in [7, 11) is 0. The Kier molecular flexibility index (Phi) is 3.59. The predicted octanol–water partition coefficient (Wildman–Crippen LogP) is 0.889. The fraction of sp³-hybridized carbons (Fsp3) is 0.615. The average Bonchev–Trinajstić information content (AvgIpc) is 2.92. The van der Waals surface area contributed by atoms with Crippen molar-refractivity contribution in [2.24, 2.45) is 11.3 Å². The molecule has 0 spiro atoms. The van der Waals surface area contributed by atoms with Crippen molar-refractivity contribution in [1.29, 1.82) is 0 Å². The van der Waals surface area contributed by atoms with Gasteiger partial charge in [0.1, 0.15) is 6.04 Å². The van der Waals surface area contributed by atoms with Gasteiger partial charge in [-0.2, -0.15) is 0 Å². The number of hydrogen-bond acceptors (Lipinski definition) is 3. The highest BCUT2D eigenvalue weighted by molar-refractivity contribution is 5.89. The Hall–Kier alpha value is -1.85. The Morgan fingerprint density at radius 3 is 2.58 bits per heavy atom. The maximum absolute atomic E-state index is 12.3. The summed E-state index contributed by atoms with van der Waals surface area (Å²) < 4.78 is 1.86. The van der Waals surface area contributed by atoms with Gasteiger partial charge in [0.25, 0.3) is 0 Å². The molecule has 1 aliphatic rings. The molecule has 1 aliphatic carbocycles. The molecule has 1 aromatic rings. The Morgan fingerprint density at radius 1 is 1.47 bits per heavy atom. The number of carbonyl (C=O) groups is 2. The number of imidazole rings is 1. The Labute approximate surface area is 111 Å². The Balaban J connectivity index is 2.01. The fourth-order valence-electron chi connectivity index (χ4n) is 2.15. The molecule has 1 saturated carbocycles. The van der Waals surface area contributed by atoms with Crippen LogP contribution in [0.1, 0.15) is 26.7 Å². The molecule has 1 fully saturated rings. The molecule has 1 aromatic heterocycles. The molecule has 0 aromatic carbocycles. The van der Waals surface area contributed by atoms with E-state index in [1.165, 1.54) is 0 Å². The number of nitrogens with zero attached hydrogens (tertiary/aromatic N) is 2. The summed E-state index contributed by atoms with van der Waals surface area (Å²) in [5.74, 6) is -1.28. The van der Waals surface area contributed by atoms with Crippen molar-refractivity contribution in [3.8, 4) is 0 Å². The molecule has 2 N–H and O–H groups in total. The third-order valence-electron chi connectivity index (χ3n) is 3.60. The molecule has 2 rings (SSSR count). The monoisotopic (exact) mass is 265 g/mol. The van der Waals surface area contributed by atoms with E-state index in [-0.39, 0.29) is 11.8 Å². The van der Waals surface area contributed by atoms with Crippen LogP contribution in [0.3, 0.4) is 0 Å². The van der Waals surface area contributed by atoms with Crippen molar-refractivity contribution in [1.82, 2.24) is 14.9 Å². The van der Waals surface area contributed by atoms with Gasteiger partial charge in [-0.3, -0.25) is 4.79 Å². The van der Waals surface area contributed by atoms with Crippen LogP contribution in [0.4, 0.5) is 0 Å². The molecule has 6 nitrogen and oxygen atoms in total. The predicted molar refractivity (Wildman–Crippen MR) is 68.3 cm³/mol. The van der Waals surface area contributed by atoms with Gasteiger partial charge in [0, 0.05) is 18.9 Å². The number of aromatic nitrogens is 2. The summed E-state index contributed by atoms with van der Waals surface area (Å²) in [4.78, 5) is 27.3.